The summed E-state index contributed by atoms with van der Waals surface area (Å²) in [5.41, 5.74) is 1.70. The molecular weight excluding hydrogens is 206 g/mol. The lowest BCUT2D eigenvalue weighted by atomic mass is 9.93. The number of ether oxygens (including phenoxy) is 1. The first-order chi connectivity index (χ1) is 7.46. The molecule has 1 heterocycles. The van der Waals surface area contributed by atoms with Crippen LogP contribution < -0.4 is 4.74 Å². The van der Waals surface area contributed by atoms with Crippen LogP contribution in [0.2, 0.25) is 0 Å². The zero-order chi connectivity index (χ0) is 11.8. The van der Waals surface area contributed by atoms with Crippen molar-refractivity contribution in [1.82, 2.24) is 0 Å². The Balaban J connectivity index is 2.24. The van der Waals surface area contributed by atoms with Crippen molar-refractivity contribution in [3.05, 3.63) is 39.4 Å². The van der Waals surface area contributed by atoms with Crippen LogP contribution in [0.4, 0.5) is 0 Å². The van der Waals surface area contributed by atoms with Gasteiger partial charge in [-0.1, -0.05) is 0 Å². The van der Waals surface area contributed by atoms with Crippen LogP contribution in [-0.4, -0.2) is 10.5 Å². The second-order valence-electron chi connectivity index (χ2n) is 4.79. The molecule has 0 radical (unpaired) electrons. The SMILES string of the molecule is CC1(C)CCc2cc(C[N+](=O)[O-])ccc2O1. The van der Waals surface area contributed by atoms with E-state index in [0.717, 1.165) is 29.7 Å². The molecule has 1 aromatic rings. The van der Waals surface area contributed by atoms with E-state index in [-0.39, 0.29) is 17.1 Å². The van der Waals surface area contributed by atoms with Crippen molar-refractivity contribution in [1.29, 1.82) is 0 Å². The molecule has 1 aliphatic rings. The summed E-state index contributed by atoms with van der Waals surface area (Å²) in [6.07, 6.45) is 1.87. The summed E-state index contributed by atoms with van der Waals surface area (Å²) in [5.74, 6) is 0.864. The summed E-state index contributed by atoms with van der Waals surface area (Å²) in [4.78, 5) is 10.1. The highest BCUT2D eigenvalue weighted by Gasteiger charge is 2.26. The van der Waals surface area contributed by atoms with Gasteiger partial charge in [0.25, 0.3) is 0 Å². The normalized spacial score (nSPS) is 17.4. The Hall–Kier alpha value is -1.58. The molecule has 0 saturated carbocycles. The third-order valence-corrected chi connectivity index (χ3v) is 2.82. The van der Waals surface area contributed by atoms with Crippen LogP contribution in [-0.2, 0) is 13.0 Å². The summed E-state index contributed by atoms with van der Waals surface area (Å²) in [6, 6.07) is 5.49. The van der Waals surface area contributed by atoms with Gasteiger partial charge in [0.15, 0.2) is 0 Å². The number of rotatable bonds is 2. The maximum absolute atomic E-state index is 10.4. The van der Waals surface area contributed by atoms with Gasteiger partial charge in [-0.25, -0.2) is 0 Å². The largest absolute Gasteiger partial charge is 0.488 e. The molecule has 0 aliphatic carbocycles. The molecular formula is C12H15NO3. The molecule has 0 unspecified atom stereocenters. The number of nitrogens with zero attached hydrogens (tertiary/aromatic N) is 1. The highest BCUT2D eigenvalue weighted by molar-refractivity contribution is 5.39. The maximum atomic E-state index is 10.4. The predicted molar refractivity (Wildman–Crippen MR) is 60.2 cm³/mol. The van der Waals surface area contributed by atoms with E-state index in [4.69, 9.17) is 4.74 Å². The number of fused-ring (bicyclic) bond motifs is 1. The first-order valence-electron chi connectivity index (χ1n) is 5.39. The molecule has 2 rings (SSSR count). The first kappa shape index (κ1) is 10.9. The van der Waals surface area contributed by atoms with E-state index < -0.39 is 0 Å². The van der Waals surface area contributed by atoms with Gasteiger partial charge in [-0.2, -0.15) is 0 Å². The third kappa shape index (κ3) is 2.32. The average molecular weight is 221 g/mol. The van der Waals surface area contributed by atoms with Crippen molar-refractivity contribution >= 4 is 0 Å². The molecule has 0 bridgehead atoms. The molecule has 1 aromatic carbocycles. The van der Waals surface area contributed by atoms with Gasteiger partial charge >= 0.3 is 0 Å². The van der Waals surface area contributed by atoms with Gasteiger partial charge in [0, 0.05) is 10.5 Å². The van der Waals surface area contributed by atoms with Gasteiger partial charge in [0.05, 0.1) is 0 Å². The number of hydrogen-bond acceptors (Lipinski definition) is 3. The zero-order valence-electron chi connectivity index (χ0n) is 9.53. The fraction of sp³-hybridized carbons (Fsp3) is 0.500. The van der Waals surface area contributed by atoms with Crippen LogP contribution in [0.5, 0.6) is 5.75 Å². The Labute approximate surface area is 94.4 Å². The minimum absolute atomic E-state index is 0.114. The number of aryl methyl sites for hydroxylation is 1. The van der Waals surface area contributed by atoms with Gasteiger partial charge < -0.3 is 4.74 Å². The maximum Gasteiger partial charge on any atom is 0.228 e. The van der Waals surface area contributed by atoms with E-state index in [0.29, 0.717) is 0 Å². The molecule has 86 valence electrons. The monoisotopic (exact) mass is 221 g/mol. The molecule has 0 aromatic heterocycles. The molecule has 16 heavy (non-hydrogen) atoms. The predicted octanol–water partition coefficient (Wildman–Crippen LogP) is 2.57. The second kappa shape index (κ2) is 3.77. The van der Waals surface area contributed by atoms with Crippen LogP contribution in [0, 0.1) is 10.1 Å². The topological polar surface area (TPSA) is 52.4 Å². The average Bonchev–Trinajstić information content (AvgIpc) is 2.16. The van der Waals surface area contributed by atoms with Gasteiger partial charge in [-0.3, -0.25) is 10.1 Å². The van der Waals surface area contributed by atoms with E-state index in [1.807, 2.05) is 12.1 Å². The Bertz CT molecular complexity index is 426. The molecule has 4 heteroatoms. The quantitative estimate of drug-likeness (QED) is 0.569. The van der Waals surface area contributed by atoms with Gasteiger partial charge in [-0.05, 0) is 50.5 Å². The molecule has 1 aliphatic heterocycles. The van der Waals surface area contributed by atoms with E-state index in [9.17, 15) is 10.1 Å². The van der Waals surface area contributed by atoms with E-state index >= 15 is 0 Å². The van der Waals surface area contributed by atoms with Crippen molar-refractivity contribution in [3.63, 3.8) is 0 Å². The van der Waals surface area contributed by atoms with Gasteiger partial charge in [0.2, 0.25) is 6.54 Å². The lowest BCUT2D eigenvalue weighted by Gasteiger charge is -2.32. The Morgan fingerprint density at radius 2 is 2.25 bits per heavy atom. The molecule has 0 spiro atoms. The van der Waals surface area contributed by atoms with Gasteiger partial charge in [0.1, 0.15) is 11.4 Å². The highest BCUT2D eigenvalue weighted by Crippen LogP contribution is 2.33. The van der Waals surface area contributed by atoms with Crippen LogP contribution in [0.1, 0.15) is 31.4 Å². The van der Waals surface area contributed by atoms with Crippen molar-refractivity contribution in [3.8, 4) is 5.75 Å². The summed E-state index contributed by atoms with van der Waals surface area (Å²) in [5, 5.41) is 10.4. The Morgan fingerprint density at radius 1 is 1.50 bits per heavy atom. The smallest absolute Gasteiger partial charge is 0.228 e. The minimum Gasteiger partial charge on any atom is -0.488 e. The third-order valence-electron chi connectivity index (χ3n) is 2.82. The van der Waals surface area contributed by atoms with Crippen molar-refractivity contribution in [2.45, 2.75) is 38.8 Å². The minimum atomic E-state index is -0.310. The van der Waals surface area contributed by atoms with Crippen molar-refractivity contribution in [2.75, 3.05) is 0 Å². The van der Waals surface area contributed by atoms with Crippen molar-refractivity contribution in [2.24, 2.45) is 0 Å². The summed E-state index contributed by atoms with van der Waals surface area (Å²) in [7, 11) is 0. The fourth-order valence-electron chi connectivity index (χ4n) is 1.96. The highest BCUT2D eigenvalue weighted by atomic mass is 16.6. The zero-order valence-corrected chi connectivity index (χ0v) is 9.53. The van der Waals surface area contributed by atoms with Gasteiger partial charge in [-0.15, -0.1) is 0 Å². The van der Waals surface area contributed by atoms with E-state index in [1.54, 1.807) is 6.07 Å². The fourth-order valence-corrected chi connectivity index (χ4v) is 1.96. The summed E-state index contributed by atoms with van der Waals surface area (Å²) < 4.78 is 5.81. The van der Waals surface area contributed by atoms with E-state index in [1.165, 1.54) is 0 Å². The number of nitro groups is 1. The molecule has 0 fully saturated rings. The first-order valence-corrected chi connectivity index (χ1v) is 5.39. The lowest BCUT2D eigenvalue weighted by Crippen LogP contribution is -2.32. The number of hydrogen-bond donors (Lipinski definition) is 0. The molecule has 0 saturated heterocycles. The molecule has 0 atom stereocenters. The molecule has 0 amide bonds. The molecule has 4 nitrogen and oxygen atoms in total. The van der Waals surface area contributed by atoms with Crippen LogP contribution in [0.3, 0.4) is 0 Å². The van der Waals surface area contributed by atoms with E-state index in [2.05, 4.69) is 13.8 Å². The standard InChI is InChI=1S/C12H15NO3/c1-12(2)6-5-10-7-9(8-13(14)15)3-4-11(10)16-12/h3-4,7H,5-6,8H2,1-2H3. The lowest BCUT2D eigenvalue weighted by molar-refractivity contribution is -0.496. The Kier molecular flexibility index (Phi) is 2.58. The van der Waals surface area contributed by atoms with Crippen LogP contribution in [0.25, 0.3) is 0 Å². The summed E-state index contributed by atoms with van der Waals surface area (Å²) >= 11 is 0. The second-order valence-corrected chi connectivity index (χ2v) is 4.79. The summed E-state index contributed by atoms with van der Waals surface area (Å²) in [6.45, 7) is 4.00. The Morgan fingerprint density at radius 3 is 2.94 bits per heavy atom. The molecule has 0 N–H and O–H groups in total. The number of benzene rings is 1. The van der Waals surface area contributed by atoms with Crippen LogP contribution in [0.15, 0.2) is 18.2 Å². The van der Waals surface area contributed by atoms with Crippen LogP contribution >= 0.6 is 0 Å². The van der Waals surface area contributed by atoms with Crippen molar-refractivity contribution < 1.29 is 9.66 Å².